The van der Waals surface area contributed by atoms with Crippen LogP contribution < -0.4 is 5.32 Å². The maximum absolute atomic E-state index is 9.55. The van der Waals surface area contributed by atoms with Gasteiger partial charge in [-0.05, 0) is 18.8 Å². The van der Waals surface area contributed by atoms with Gasteiger partial charge < -0.3 is 10.4 Å². The van der Waals surface area contributed by atoms with Crippen molar-refractivity contribution >= 4 is 16.5 Å². The van der Waals surface area contributed by atoms with Crippen molar-refractivity contribution in [1.29, 1.82) is 0 Å². The van der Waals surface area contributed by atoms with Gasteiger partial charge >= 0.3 is 0 Å². The van der Waals surface area contributed by atoms with E-state index in [2.05, 4.69) is 22.4 Å². The van der Waals surface area contributed by atoms with Gasteiger partial charge in [0.15, 0.2) is 0 Å². The highest BCUT2D eigenvalue weighted by atomic mass is 32.1. The molecule has 2 N–H and O–H groups in total. The van der Waals surface area contributed by atoms with Crippen molar-refractivity contribution in [3.05, 3.63) is 5.51 Å². The summed E-state index contributed by atoms with van der Waals surface area (Å²) in [5.74, 6) is 0.673. The maximum Gasteiger partial charge on any atom is 0.205 e. The van der Waals surface area contributed by atoms with E-state index in [1.807, 2.05) is 0 Å². The summed E-state index contributed by atoms with van der Waals surface area (Å²) < 4.78 is 0. The Morgan fingerprint density at radius 2 is 2.60 bits per heavy atom. The first-order valence-corrected chi connectivity index (χ1v) is 6.27. The third-order valence-corrected chi connectivity index (χ3v) is 3.73. The molecule has 84 valence electrons. The molecule has 15 heavy (non-hydrogen) atoms. The second-order valence-corrected chi connectivity index (χ2v) is 5.34. The summed E-state index contributed by atoms with van der Waals surface area (Å²) in [7, 11) is 0. The van der Waals surface area contributed by atoms with E-state index < -0.39 is 0 Å². The molecule has 0 bridgehead atoms. The predicted molar refractivity (Wildman–Crippen MR) is 61.0 cm³/mol. The molecular weight excluding hydrogens is 210 g/mol. The van der Waals surface area contributed by atoms with Gasteiger partial charge in [0.1, 0.15) is 5.51 Å². The number of aromatic nitrogens is 2. The zero-order valence-electron chi connectivity index (χ0n) is 8.94. The molecule has 1 heterocycles. The van der Waals surface area contributed by atoms with Gasteiger partial charge in [0.05, 0.1) is 12.1 Å². The predicted octanol–water partition coefficient (Wildman–Crippen LogP) is 1.89. The summed E-state index contributed by atoms with van der Waals surface area (Å²) >= 11 is 1.49. The first-order valence-electron chi connectivity index (χ1n) is 5.39. The van der Waals surface area contributed by atoms with Crippen LogP contribution in [-0.4, -0.2) is 27.4 Å². The maximum atomic E-state index is 9.55. The summed E-state index contributed by atoms with van der Waals surface area (Å²) in [5.41, 5.74) is 1.54. The lowest BCUT2D eigenvalue weighted by molar-refractivity contribution is 0.149. The number of rotatable bonds is 3. The number of hydrogen-bond acceptors (Lipinski definition) is 5. The Bertz CT molecular complexity index is 304. The van der Waals surface area contributed by atoms with Gasteiger partial charge in [-0.3, -0.25) is 0 Å². The van der Waals surface area contributed by atoms with Crippen LogP contribution in [0.2, 0.25) is 0 Å². The van der Waals surface area contributed by atoms with Gasteiger partial charge in [-0.1, -0.05) is 31.1 Å². The molecule has 0 aromatic carbocycles. The van der Waals surface area contributed by atoms with Crippen molar-refractivity contribution in [1.82, 2.24) is 10.2 Å². The fraction of sp³-hybridized carbons (Fsp3) is 0.800. The molecule has 1 aromatic rings. The molecule has 0 radical (unpaired) electrons. The van der Waals surface area contributed by atoms with Gasteiger partial charge in [-0.2, -0.15) is 0 Å². The van der Waals surface area contributed by atoms with E-state index in [4.69, 9.17) is 0 Å². The summed E-state index contributed by atoms with van der Waals surface area (Å²) in [6.45, 7) is 2.42. The van der Waals surface area contributed by atoms with Crippen LogP contribution in [-0.2, 0) is 0 Å². The normalized spacial score (nSPS) is 31.5. The van der Waals surface area contributed by atoms with Crippen LogP contribution in [0.3, 0.4) is 0 Å². The van der Waals surface area contributed by atoms with E-state index in [1.54, 1.807) is 5.51 Å². The molecule has 1 aromatic heterocycles. The highest BCUT2D eigenvalue weighted by molar-refractivity contribution is 7.13. The summed E-state index contributed by atoms with van der Waals surface area (Å²) in [4.78, 5) is 0. The van der Waals surface area contributed by atoms with E-state index in [-0.39, 0.29) is 12.1 Å². The number of nitrogens with one attached hydrogen (secondary N) is 1. The van der Waals surface area contributed by atoms with Crippen molar-refractivity contribution < 1.29 is 5.11 Å². The van der Waals surface area contributed by atoms with E-state index in [9.17, 15) is 5.11 Å². The highest BCUT2D eigenvalue weighted by Crippen LogP contribution is 2.34. The standard InChI is InChI=1S/C10H17N3OS/c1-8-3-2-4-10(5-8,6-14)12-9-13-11-7-15-9/h7-8,14H,2-6H2,1H3,(H,12,13). The summed E-state index contributed by atoms with van der Waals surface area (Å²) in [6.07, 6.45) is 4.48. The van der Waals surface area contributed by atoms with Gasteiger partial charge in [0, 0.05) is 0 Å². The molecule has 2 atom stereocenters. The average Bonchev–Trinajstić information content (AvgIpc) is 2.70. The molecule has 5 heteroatoms. The van der Waals surface area contributed by atoms with Gasteiger partial charge in [-0.15, -0.1) is 10.2 Å². The number of nitrogens with zero attached hydrogens (tertiary/aromatic N) is 2. The molecule has 0 amide bonds. The first kappa shape index (κ1) is 10.8. The first-order chi connectivity index (χ1) is 7.24. The van der Waals surface area contributed by atoms with Crippen LogP contribution >= 0.6 is 11.3 Å². The zero-order chi connectivity index (χ0) is 10.7. The van der Waals surface area contributed by atoms with Crippen molar-refractivity contribution in [3.8, 4) is 0 Å². The minimum atomic E-state index is -0.169. The number of aliphatic hydroxyl groups excluding tert-OH is 1. The van der Waals surface area contributed by atoms with Crippen molar-refractivity contribution in [2.45, 2.75) is 38.1 Å². The Labute approximate surface area is 93.7 Å². The molecule has 0 saturated heterocycles. The fourth-order valence-corrected chi connectivity index (χ4v) is 2.97. The van der Waals surface area contributed by atoms with Crippen molar-refractivity contribution in [2.24, 2.45) is 5.92 Å². The third-order valence-electron chi connectivity index (χ3n) is 3.13. The van der Waals surface area contributed by atoms with Crippen LogP contribution in [0.1, 0.15) is 32.6 Å². The third kappa shape index (κ3) is 2.46. The molecule has 2 unspecified atom stereocenters. The highest BCUT2D eigenvalue weighted by Gasteiger charge is 2.34. The second-order valence-electron chi connectivity index (χ2n) is 4.51. The molecule has 1 saturated carbocycles. The zero-order valence-corrected chi connectivity index (χ0v) is 9.76. The lowest BCUT2D eigenvalue weighted by atomic mass is 9.77. The molecule has 0 spiro atoms. The molecule has 0 aliphatic heterocycles. The van der Waals surface area contributed by atoms with Crippen LogP contribution in [0.5, 0.6) is 0 Å². The van der Waals surface area contributed by atoms with E-state index in [0.717, 1.165) is 18.0 Å². The minimum Gasteiger partial charge on any atom is -0.394 e. The largest absolute Gasteiger partial charge is 0.394 e. The van der Waals surface area contributed by atoms with Gasteiger partial charge in [0.2, 0.25) is 5.13 Å². The van der Waals surface area contributed by atoms with E-state index in [0.29, 0.717) is 5.92 Å². The van der Waals surface area contributed by atoms with E-state index in [1.165, 1.54) is 24.2 Å². The number of hydrogen-bond donors (Lipinski definition) is 2. The smallest absolute Gasteiger partial charge is 0.205 e. The molecule has 1 aliphatic rings. The van der Waals surface area contributed by atoms with Crippen molar-refractivity contribution in [2.75, 3.05) is 11.9 Å². The number of aliphatic hydroxyl groups is 1. The van der Waals surface area contributed by atoms with Crippen LogP contribution in [0.4, 0.5) is 5.13 Å². The summed E-state index contributed by atoms with van der Waals surface area (Å²) in [6, 6.07) is 0. The number of anilines is 1. The Hall–Kier alpha value is -0.680. The monoisotopic (exact) mass is 227 g/mol. The van der Waals surface area contributed by atoms with Crippen LogP contribution in [0.25, 0.3) is 0 Å². The second kappa shape index (κ2) is 4.45. The van der Waals surface area contributed by atoms with Crippen LogP contribution in [0.15, 0.2) is 5.51 Å². The Balaban J connectivity index is 2.07. The average molecular weight is 227 g/mol. The lowest BCUT2D eigenvalue weighted by Crippen LogP contribution is -2.45. The summed E-state index contributed by atoms with van der Waals surface area (Å²) in [5, 5.41) is 21.5. The van der Waals surface area contributed by atoms with E-state index >= 15 is 0 Å². The SMILES string of the molecule is CC1CCCC(CO)(Nc2nncs2)C1. The van der Waals surface area contributed by atoms with Gasteiger partial charge in [-0.25, -0.2) is 0 Å². The Morgan fingerprint density at radius 1 is 1.73 bits per heavy atom. The van der Waals surface area contributed by atoms with Gasteiger partial charge in [0.25, 0.3) is 0 Å². The lowest BCUT2D eigenvalue weighted by Gasteiger charge is -2.39. The topological polar surface area (TPSA) is 58.0 Å². The molecule has 4 nitrogen and oxygen atoms in total. The fourth-order valence-electron chi connectivity index (χ4n) is 2.41. The molecule has 1 aliphatic carbocycles. The van der Waals surface area contributed by atoms with Crippen LogP contribution in [0, 0.1) is 5.92 Å². The molecule has 1 fully saturated rings. The molecular formula is C10H17N3OS. The quantitative estimate of drug-likeness (QED) is 0.828. The molecule has 2 rings (SSSR count). The Kier molecular flexibility index (Phi) is 3.21. The van der Waals surface area contributed by atoms with Crippen molar-refractivity contribution in [3.63, 3.8) is 0 Å². The Morgan fingerprint density at radius 3 is 3.20 bits per heavy atom. The minimum absolute atomic E-state index is 0.169.